The molecule has 0 radical (unpaired) electrons. The highest BCUT2D eigenvalue weighted by molar-refractivity contribution is 5.80. The minimum absolute atomic E-state index is 0.241. The Balaban J connectivity index is 1.98. The summed E-state index contributed by atoms with van der Waals surface area (Å²) >= 11 is 0. The first-order valence-corrected chi connectivity index (χ1v) is 5.80. The predicted molar refractivity (Wildman–Crippen MR) is 72.6 cm³/mol. The van der Waals surface area contributed by atoms with Crippen LogP contribution >= 0.6 is 0 Å². The van der Waals surface area contributed by atoms with Crippen LogP contribution in [0.4, 0.5) is 5.95 Å². The second-order valence-electron chi connectivity index (χ2n) is 3.91. The molecule has 3 aromatic rings. The van der Waals surface area contributed by atoms with Crippen molar-refractivity contribution in [1.29, 1.82) is 0 Å². The number of hydrazine groups is 1. The number of aromatic nitrogens is 4. The molecule has 0 atom stereocenters. The average Bonchev–Trinajstić information content (AvgIpc) is 2.96. The van der Waals surface area contributed by atoms with E-state index in [1.807, 2.05) is 0 Å². The van der Waals surface area contributed by atoms with Crippen LogP contribution in [0, 0.1) is 0 Å². The summed E-state index contributed by atoms with van der Waals surface area (Å²) in [6, 6.07) is 7.15. The Morgan fingerprint density at radius 1 is 1.15 bits per heavy atom. The largest absolute Gasteiger partial charge is 0.497 e. The molecule has 20 heavy (non-hydrogen) atoms. The van der Waals surface area contributed by atoms with Gasteiger partial charge in [-0.05, 0) is 24.3 Å². The molecule has 4 N–H and O–H groups in total. The smallest absolute Gasteiger partial charge is 0.242 e. The van der Waals surface area contributed by atoms with Gasteiger partial charge in [0.2, 0.25) is 11.8 Å². The summed E-state index contributed by atoms with van der Waals surface area (Å²) in [6.07, 6.45) is 1.59. The number of H-pyrrole nitrogens is 1. The Hall–Kier alpha value is -2.87. The van der Waals surface area contributed by atoms with E-state index < -0.39 is 0 Å². The number of ether oxygens (including phenoxy) is 2. The van der Waals surface area contributed by atoms with Gasteiger partial charge in [-0.3, -0.25) is 10.5 Å². The van der Waals surface area contributed by atoms with Crippen LogP contribution < -0.4 is 20.7 Å². The van der Waals surface area contributed by atoms with Crippen molar-refractivity contribution < 1.29 is 9.47 Å². The van der Waals surface area contributed by atoms with E-state index in [-0.39, 0.29) is 5.95 Å². The third kappa shape index (κ3) is 2.19. The third-order valence-electron chi connectivity index (χ3n) is 2.68. The maximum absolute atomic E-state index is 5.73. The molecule has 0 saturated heterocycles. The van der Waals surface area contributed by atoms with Crippen molar-refractivity contribution >= 4 is 17.0 Å². The molecular formula is C12H12N6O2. The first kappa shape index (κ1) is 12.2. The van der Waals surface area contributed by atoms with Crippen molar-refractivity contribution in [3.8, 4) is 17.4 Å². The molecule has 1 aromatic carbocycles. The lowest BCUT2D eigenvalue weighted by Crippen LogP contribution is -2.10. The summed E-state index contributed by atoms with van der Waals surface area (Å²) in [5.41, 5.74) is 2.92. The summed E-state index contributed by atoms with van der Waals surface area (Å²) in [6.45, 7) is 0. The lowest BCUT2D eigenvalue weighted by atomic mass is 10.3. The fourth-order valence-electron chi connectivity index (χ4n) is 1.71. The molecule has 0 bridgehead atoms. The van der Waals surface area contributed by atoms with Gasteiger partial charge in [0.25, 0.3) is 0 Å². The molecule has 102 valence electrons. The number of hydrogen-bond donors (Lipinski definition) is 3. The zero-order valence-corrected chi connectivity index (χ0v) is 10.6. The van der Waals surface area contributed by atoms with Gasteiger partial charge in [0.05, 0.1) is 13.3 Å². The third-order valence-corrected chi connectivity index (χ3v) is 2.68. The Labute approximate surface area is 113 Å². The quantitative estimate of drug-likeness (QED) is 0.486. The van der Waals surface area contributed by atoms with Crippen LogP contribution in [0.25, 0.3) is 11.0 Å². The van der Waals surface area contributed by atoms with E-state index in [1.54, 1.807) is 37.6 Å². The lowest BCUT2D eigenvalue weighted by molar-refractivity contribution is 0.412. The molecular weight excluding hydrogens is 260 g/mol. The summed E-state index contributed by atoms with van der Waals surface area (Å²) in [7, 11) is 1.61. The fourth-order valence-corrected chi connectivity index (χ4v) is 1.71. The lowest BCUT2D eigenvalue weighted by Gasteiger charge is -2.07. The van der Waals surface area contributed by atoms with Gasteiger partial charge < -0.3 is 9.47 Å². The second kappa shape index (κ2) is 5.02. The van der Waals surface area contributed by atoms with Gasteiger partial charge in [0.15, 0.2) is 5.65 Å². The number of benzene rings is 1. The van der Waals surface area contributed by atoms with Gasteiger partial charge >= 0.3 is 0 Å². The zero-order chi connectivity index (χ0) is 13.9. The summed E-state index contributed by atoms with van der Waals surface area (Å²) < 4.78 is 10.8. The number of aromatic amines is 1. The molecule has 0 amide bonds. The maximum Gasteiger partial charge on any atom is 0.242 e. The van der Waals surface area contributed by atoms with Gasteiger partial charge in [0, 0.05) is 0 Å². The number of nitrogens with one attached hydrogen (secondary N) is 2. The van der Waals surface area contributed by atoms with Crippen molar-refractivity contribution in [3.63, 3.8) is 0 Å². The minimum Gasteiger partial charge on any atom is -0.497 e. The minimum atomic E-state index is 0.241. The summed E-state index contributed by atoms with van der Waals surface area (Å²) in [5, 5.41) is 7.32. The molecule has 0 aliphatic rings. The van der Waals surface area contributed by atoms with E-state index in [1.165, 1.54) is 0 Å². The number of nitrogens with zero attached hydrogens (tertiary/aromatic N) is 3. The maximum atomic E-state index is 5.73. The Kier molecular flexibility index (Phi) is 3.05. The van der Waals surface area contributed by atoms with Crippen molar-refractivity contribution in [2.75, 3.05) is 12.5 Å². The van der Waals surface area contributed by atoms with Crippen molar-refractivity contribution in [2.24, 2.45) is 5.84 Å². The number of anilines is 1. The van der Waals surface area contributed by atoms with E-state index in [9.17, 15) is 0 Å². The van der Waals surface area contributed by atoms with Gasteiger partial charge in [-0.1, -0.05) is 0 Å². The first-order valence-electron chi connectivity index (χ1n) is 5.80. The number of methoxy groups -OCH3 is 1. The first-order chi connectivity index (χ1) is 9.80. The van der Waals surface area contributed by atoms with Gasteiger partial charge in [0.1, 0.15) is 16.9 Å². The topological polar surface area (TPSA) is 111 Å². The Bertz CT molecular complexity index is 724. The molecule has 0 fully saturated rings. The number of nitrogens with two attached hydrogens (primary N) is 1. The van der Waals surface area contributed by atoms with E-state index >= 15 is 0 Å². The van der Waals surface area contributed by atoms with Crippen LogP contribution in [-0.4, -0.2) is 27.3 Å². The van der Waals surface area contributed by atoms with Crippen LogP contribution in [0.15, 0.2) is 30.5 Å². The van der Waals surface area contributed by atoms with Crippen LogP contribution in [0.5, 0.6) is 17.4 Å². The molecule has 3 rings (SSSR count). The number of fused-ring (bicyclic) bond motifs is 1. The Morgan fingerprint density at radius 2 is 1.90 bits per heavy atom. The molecule has 0 spiro atoms. The highest BCUT2D eigenvalue weighted by Gasteiger charge is 2.11. The van der Waals surface area contributed by atoms with E-state index in [2.05, 4.69) is 25.6 Å². The van der Waals surface area contributed by atoms with Crippen molar-refractivity contribution in [1.82, 2.24) is 20.2 Å². The van der Waals surface area contributed by atoms with Crippen LogP contribution in [0.1, 0.15) is 0 Å². The van der Waals surface area contributed by atoms with E-state index in [0.717, 1.165) is 5.75 Å². The predicted octanol–water partition coefficient (Wildman–Crippen LogP) is 1.44. The molecule has 0 aliphatic heterocycles. The monoisotopic (exact) mass is 272 g/mol. The fraction of sp³-hybridized carbons (Fsp3) is 0.0833. The van der Waals surface area contributed by atoms with E-state index in [4.69, 9.17) is 15.3 Å². The van der Waals surface area contributed by atoms with Crippen LogP contribution in [0.2, 0.25) is 0 Å². The van der Waals surface area contributed by atoms with Crippen molar-refractivity contribution in [2.45, 2.75) is 0 Å². The molecule has 0 saturated carbocycles. The molecule has 8 nitrogen and oxygen atoms in total. The molecule has 0 unspecified atom stereocenters. The van der Waals surface area contributed by atoms with Gasteiger partial charge in [-0.25, -0.2) is 5.84 Å². The summed E-state index contributed by atoms with van der Waals surface area (Å²) in [5.74, 6) is 7.30. The normalized spacial score (nSPS) is 10.5. The van der Waals surface area contributed by atoms with E-state index in [0.29, 0.717) is 22.7 Å². The average molecular weight is 272 g/mol. The number of hydrogen-bond acceptors (Lipinski definition) is 7. The SMILES string of the molecule is COc1ccc(Oc2nc(NN)nc3[nH]ncc23)cc1. The Morgan fingerprint density at radius 3 is 2.60 bits per heavy atom. The molecule has 2 aromatic heterocycles. The standard InChI is InChI=1S/C12H12N6O2/c1-19-7-2-4-8(5-3-7)20-11-9-6-14-18-10(9)15-12(16-11)17-13/h2-6H,13H2,1H3,(H2,14,15,16,17,18). The molecule has 8 heteroatoms. The van der Waals surface area contributed by atoms with Crippen LogP contribution in [-0.2, 0) is 0 Å². The highest BCUT2D eigenvalue weighted by Crippen LogP contribution is 2.28. The summed E-state index contributed by atoms with van der Waals surface area (Å²) in [4.78, 5) is 8.29. The molecule has 2 heterocycles. The zero-order valence-electron chi connectivity index (χ0n) is 10.6. The second-order valence-corrected chi connectivity index (χ2v) is 3.91. The van der Waals surface area contributed by atoms with Crippen molar-refractivity contribution in [3.05, 3.63) is 30.5 Å². The van der Waals surface area contributed by atoms with Gasteiger partial charge in [-0.15, -0.1) is 0 Å². The molecule has 0 aliphatic carbocycles. The number of rotatable bonds is 4. The highest BCUT2D eigenvalue weighted by atomic mass is 16.5. The number of nitrogen functional groups attached to an aromatic ring is 1. The van der Waals surface area contributed by atoms with Crippen LogP contribution in [0.3, 0.4) is 0 Å². The van der Waals surface area contributed by atoms with Gasteiger partial charge in [-0.2, -0.15) is 15.1 Å².